The van der Waals surface area contributed by atoms with Gasteiger partial charge < -0.3 is 15.8 Å². The van der Waals surface area contributed by atoms with Crippen LogP contribution in [0.25, 0.3) is 10.9 Å². The number of primary amides is 1. The zero-order chi connectivity index (χ0) is 23.6. The smallest absolute Gasteiger partial charge is 0.262 e. The third kappa shape index (κ3) is 7.08. The molecule has 9 heteroatoms. The predicted molar refractivity (Wildman–Crippen MR) is 129 cm³/mol. The molecule has 2 aromatic carbocycles. The second kappa shape index (κ2) is 12.1. The molecular formula is C24H28N4O4S. The molecule has 1 heterocycles. The van der Waals surface area contributed by atoms with Crippen LogP contribution in [0.4, 0.5) is 0 Å². The van der Waals surface area contributed by atoms with Crippen LogP contribution in [0.1, 0.15) is 31.2 Å². The number of methoxy groups -OCH3 is 1. The molecule has 0 radical (unpaired) electrons. The van der Waals surface area contributed by atoms with Crippen LogP contribution >= 0.6 is 11.8 Å². The minimum absolute atomic E-state index is 0.130. The number of nitrogens with two attached hydrogens (primary N) is 1. The minimum atomic E-state index is -0.323. The van der Waals surface area contributed by atoms with Crippen LogP contribution < -0.4 is 21.3 Å². The first-order valence-corrected chi connectivity index (χ1v) is 11.8. The van der Waals surface area contributed by atoms with E-state index in [9.17, 15) is 14.4 Å². The number of nitrogens with zero attached hydrogens (tertiary/aromatic N) is 2. The highest BCUT2D eigenvalue weighted by molar-refractivity contribution is 7.99. The Bertz CT molecular complexity index is 1180. The summed E-state index contributed by atoms with van der Waals surface area (Å²) < 4.78 is 6.82. The third-order valence-corrected chi connectivity index (χ3v) is 6.06. The quantitative estimate of drug-likeness (QED) is 0.240. The van der Waals surface area contributed by atoms with Crippen LogP contribution in [0, 0.1) is 0 Å². The standard InChI is InChI=1S/C24H28N4O4S/c1-32-18-9-7-8-17(14-18)15-26-22(30)16-33-24-27-20-11-5-4-10-19(20)23(31)28(24)13-6-2-3-12-21(25)29/h4-5,7-11,14H,2-3,6,12-13,15-16H2,1H3,(H2,25,29)(H,26,30). The summed E-state index contributed by atoms with van der Waals surface area (Å²) in [5, 5.41) is 3.94. The fraction of sp³-hybridized carbons (Fsp3) is 0.333. The summed E-state index contributed by atoms with van der Waals surface area (Å²) in [7, 11) is 1.60. The van der Waals surface area contributed by atoms with E-state index in [1.54, 1.807) is 29.9 Å². The summed E-state index contributed by atoms with van der Waals surface area (Å²) in [6.07, 6.45) is 2.50. The van der Waals surface area contributed by atoms with Crippen molar-refractivity contribution in [3.8, 4) is 5.75 Å². The molecule has 0 aliphatic rings. The number of benzene rings is 2. The molecule has 0 atom stereocenters. The number of hydrogen-bond acceptors (Lipinski definition) is 6. The molecule has 0 saturated heterocycles. The monoisotopic (exact) mass is 468 g/mol. The van der Waals surface area contributed by atoms with Crippen LogP contribution in [0.5, 0.6) is 5.75 Å². The Kier molecular flexibility index (Phi) is 8.88. The molecule has 0 aliphatic heterocycles. The largest absolute Gasteiger partial charge is 0.497 e. The van der Waals surface area contributed by atoms with Gasteiger partial charge in [0.25, 0.3) is 5.56 Å². The van der Waals surface area contributed by atoms with Crippen LogP contribution in [0.3, 0.4) is 0 Å². The molecule has 0 bridgehead atoms. The van der Waals surface area contributed by atoms with E-state index in [1.165, 1.54) is 11.8 Å². The summed E-state index contributed by atoms with van der Waals surface area (Å²) in [5.74, 6) is 0.390. The average Bonchev–Trinajstić information content (AvgIpc) is 2.82. The van der Waals surface area contributed by atoms with Crippen molar-refractivity contribution in [3.63, 3.8) is 0 Å². The number of carbonyl (C=O) groups excluding carboxylic acids is 2. The van der Waals surface area contributed by atoms with Gasteiger partial charge in [0.15, 0.2) is 5.16 Å². The summed E-state index contributed by atoms with van der Waals surface area (Å²) in [6.45, 7) is 0.845. The summed E-state index contributed by atoms with van der Waals surface area (Å²) >= 11 is 1.24. The van der Waals surface area contributed by atoms with E-state index in [-0.39, 0.29) is 23.1 Å². The van der Waals surface area contributed by atoms with Crippen molar-refractivity contribution in [2.75, 3.05) is 12.9 Å². The number of amides is 2. The summed E-state index contributed by atoms with van der Waals surface area (Å²) in [6, 6.07) is 14.7. The number of thioether (sulfide) groups is 1. The van der Waals surface area contributed by atoms with Gasteiger partial charge in [-0.1, -0.05) is 42.4 Å². The normalized spacial score (nSPS) is 10.8. The van der Waals surface area contributed by atoms with E-state index in [2.05, 4.69) is 10.3 Å². The molecule has 3 rings (SSSR count). The number of fused-ring (bicyclic) bond motifs is 1. The first-order chi connectivity index (χ1) is 16.0. The van der Waals surface area contributed by atoms with E-state index < -0.39 is 0 Å². The first kappa shape index (κ1) is 24.3. The van der Waals surface area contributed by atoms with Crippen molar-refractivity contribution in [1.29, 1.82) is 0 Å². The van der Waals surface area contributed by atoms with Gasteiger partial charge in [0, 0.05) is 19.5 Å². The van der Waals surface area contributed by atoms with Crippen LogP contribution in [-0.2, 0) is 22.7 Å². The highest BCUT2D eigenvalue weighted by Gasteiger charge is 2.13. The van der Waals surface area contributed by atoms with Gasteiger partial charge in [-0.25, -0.2) is 4.98 Å². The van der Waals surface area contributed by atoms with Gasteiger partial charge >= 0.3 is 0 Å². The van der Waals surface area contributed by atoms with E-state index in [0.717, 1.165) is 17.7 Å². The van der Waals surface area contributed by atoms with Gasteiger partial charge in [-0.05, 0) is 42.7 Å². The zero-order valence-corrected chi connectivity index (χ0v) is 19.4. The SMILES string of the molecule is COc1cccc(CNC(=O)CSc2nc3ccccc3c(=O)n2CCCCCC(N)=O)c1. The Morgan fingerprint density at radius 3 is 2.73 bits per heavy atom. The molecular weight excluding hydrogens is 440 g/mol. The highest BCUT2D eigenvalue weighted by atomic mass is 32.2. The van der Waals surface area contributed by atoms with Crippen molar-refractivity contribution in [3.05, 3.63) is 64.4 Å². The Labute approximate surface area is 196 Å². The van der Waals surface area contributed by atoms with Crippen molar-refractivity contribution in [2.24, 2.45) is 5.73 Å². The Morgan fingerprint density at radius 2 is 1.94 bits per heavy atom. The van der Waals surface area contributed by atoms with Crippen LogP contribution in [0.2, 0.25) is 0 Å². The minimum Gasteiger partial charge on any atom is -0.497 e. The van der Waals surface area contributed by atoms with Crippen molar-refractivity contribution < 1.29 is 14.3 Å². The van der Waals surface area contributed by atoms with Crippen molar-refractivity contribution in [2.45, 2.75) is 43.9 Å². The summed E-state index contributed by atoms with van der Waals surface area (Å²) in [4.78, 5) is 41.1. The second-order valence-electron chi connectivity index (χ2n) is 7.56. The van der Waals surface area contributed by atoms with E-state index in [1.807, 2.05) is 30.3 Å². The number of aromatic nitrogens is 2. The molecule has 0 spiro atoms. The molecule has 174 valence electrons. The molecule has 1 aromatic heterocycles. The molecule has 8 nitrogen and oxygen atoms in total. The maximum absolute atomic E-state index is 13.1. The fourth-order valence-electron chi connectivity index (χ4n) is 3.37. The second-order valence-corrected chi connectivity index (χ2v) is 8.50. The maximum Gasteiger partial charge on any atom is 0.262 e. The summed E-state index contributed by atoms with van der Waals surface area (Å²) in [5.41, 5.74) is 6.60. The molecule has 2 amide bonds. The number of para-hydroxylation sites is 1. The molecule has 0 fully saturated rings. The number of unbranched alkanes of at least 4 members (excludes halogenated alkanes) is 2. The van der Waals surface area contributed by atoms with Crippen LogP contribution in [-0.4, -0.2) is 34.2 Å². The number of nitrogens with one attached hydrogen (secondary N) is 1. The van der Waals surface area contributed by atoms with E-state index in [4.69, 9.17) is 10.5 Å². The lowest BCUT2D eigenvalue weighted by Crippen LogP contribution is -2.27. The van der Waals surface area contributed by atoms with Crippen LogP contribution in [0.15, 0.2) is 58.5 Å². The molecule has 33 heavy (non-hydrogen) atoms. The van der Waals surface area contributed by atoms with Gasteiger partial charge in [0.05, 0.1) is 23.8 Å². The molecule has 3 N–H and O–H groups in total. The Morgan fingerprint density at radius 1 is 1.12 bits per heavy atom. The zero-order valence-electron chi connectivity index (χ0n) is 18.6. The molecule has 0 aliphatic carbocycles. The number of hydrogen-bond donors (Lipinski definition) is 2. The number of ether oxygens (including phenoxy) is 1. The van der Waals surface area contributed by atoms with Gasteiger partial charge in [0.2, 0.25) is 11.8 Å². The van der Waals surface area contributed by atoms with Gasteiger partial charge in [0.1, 0.15) is 5.75 Å². The average molecular weight is 469 g/mol. The highest BCUT2D eigenvalue weighted by Crippen LogP contribution is 2.19. The molecule has 0 unspecified atom stereocenters. The molecule has 3 aromatic rings. The third-order valence-electron chi connectivity index (χ3n) is 5.09. The number of carbonyl (C=O) groups is 2. The fourth-order valence-corrected chi connectivity index (χ4v) is 4.22. The maximum atomic E-state index is 13.1. The van der Waals surface area contributed by atoms with E-state index >= 15 is 0 Å². The van der Waals surface area contributed by atoms with E-state index in [0.29, 0.717) is 48.4 Å². The first-order valence-electron chi connectivity index (χ1n) is 10.8. The lowest BCUT2D eigenvalue weighted by atomic mass is 10.2. The Hall–Kier alpha value is -3.33. The lowest BCUT2D eigenvalue weighted by Gasteiger charge is -2.13. The van der Waals surface area contributed by atoms with Crippen molar-refractivity contribution >= 4 is 34.5 Å². The lowest BCUT2D eigenvalue weighted by molar-refractivity contribution is -0.119. The van der Waals surface area contributed by atoms with Gasteiger partial charge in [-0.3, -0.25) is 19.0 Å². The Balaban J connectivity index is 1.66. The topological polar surface area (TPSA) is 116 Å². The van der Waals surface area contributed by atoms with Gasteiger partial charge in [-0.2, -0.15) is 0 Å². The molecule has 0 saturated carbocycles. The van der Waals surface area contributed by atoms with Gasteiger partial charge in [-0.15, -0.1) is 0 Å². The van der Waals surface area contributed by atoms with Crippen molar-refractivity contribution in [1.82, 2.24) is 14.9 Å². The number of rotatable bonds is 12. The predicted octanol–water partition coefficient (Wildman–Crippen LogP) is 2.86.